The van der Waals surface area contributed by atoms with Crippen molar-refractivity contribution >= 4 is 21.8 Å². The molecule has 0 amide bonds. The second-order valence-corrected chi connectivity index (χ2v) is 8.04. The molecule has 0 spiro atoms. The average molecular weight is 326 g/mol. The van der Waals surface area contributed by atoms with Crippen LogP contribution in [0.5, 0.6) is 0 Å². The van der Waals surface area contributed by atoms with E-state index in [4.69, 9.17) is 0 Å². The number of aromatic nitrogens is 2. The minimum Gasteiger partial charge on any atom is -0.481 e. The summed E-state index contributed by atoms with van der Waals surface area (Å²) in [4.78, 5) is 22.1. The average Bonchev–Trinajstić information content (AvgIpc) is 2.92. The van der Waals surface area contributed by atoms with Crippen LogP contribution in [0.2, 0.25) is 0 Å². The largest absolute Gasteiger partial charge is 0.481 e. The summed E-state index contributed by atoms with van der Waals surface area (Å²) in [6.07, 6.45) is 2.76. The Hall–Kier alpha value is -1.74. The summed E-state index contributed by atoms with van der Waals surface area (Å²) in [5.41, 5.74) is -1.07. The van der Waals surface area contributed by atoms with E-state index in [1.54, 1.807) is 19.2 Å². The molecule has 0 unspecified atom stereocenters. The number of carbonyl (C=O) groups is 1. The van der Waals surface area contributed by atoms with Crippen LogP contribution < -0.4 is 4.90 Å². The van der Waals surface area contributed by atoms with Crippen LogP contribution in [0.4, 0.5) is 5.82 Å². The van der Waals surface area contributed by atoms with Gasteiger partial charge in [0.2, 0.25) is 10.0 Å². The lowest BCUT2D eigenvalue weighted by molar-refractivity contribution is -0.148. The summed E-state index contributed by atoms with van der Waals surface area (Å²) in [5.74, 6) is 0.122. The molecule has 2 aliphatic rings. The van der Waals surface area contributed by atoms with Crippen molar-refractivity contribution in [2.75, 3.05) is 37.3 Å². The first kappa shape index (κ1) is 15.2. The quantitative estimate of drug-likeness (QED) is 0.803. The van der Waals surface area contributed by atoms with Crippen LogP contribution in [0.1, 0.15) is 5.82 Å². The molecule has 22 heavy (non-hydrogen) atoms. The highest BCUT2D eigenvalue weighted by molar-refractivity contribution is 7.88. The first-order valence-corrected chi connectivity index (χ1v) is 8.80. The van der Waals surface area contributed by atoms with Crippen molar-refractivity contribution < 1.29 is 18.3 Å². The molecule has 0 aliphatic carbocycles. The van der Waals surface area contributed by atoms with E-state index in [9.17, 15) is 18.3 Å². The van der Waals surface area contributed by atoms with E-state index in [0.717, 1.165) is 6.26 Å². The molecular formula is C13H18N4O4S. The Labute approximate surface area is 128 Å². The maximum atomic E-state index is 11.8. The van der Waals surface area contributed by atoms with Crippen LogP contribution in [0.15, 0.2) is 12.3 Å². The van der Waals surface area contributed by atoms with Gasteiger partial charge < -0.3 is 10.0 Å². The summed E-state index contributed by atoms with van der Waals surface area (Å²) in [5, 5.41) is 9.70. The van der Waals surface area contributed by atoms with Gasteiger partial charge in [0, 0.05) is 38.3 Å². The molecule has 1 aromatic heterocycles. The Morgan fingerprint density at radius 1 is 1.41 bits per heavy atom. The van der Waals surface area contributed by atoms with Gasteiger partial charge in [0.15, 0.2) is 0 Å². The Balaban J connectivity index is 1.90. The number of aliphatic carboxylic acids is 1. The lowest BCUT2D eigenvalue weighted by Crippen LogP contribution is -2.42. The van der Waals surface area contributed by atoms with Crippen molar-refractivity contribution in [3.05, 3.63) is 18.1 Å². The molecular weight excluding hydrogens is 308 g/mol. The Morgan fingerprint density at radius 2 is 2.14 bits per heavy atom. The Morgan fingerprint density at radius 3 is 2.68 bits per heavy atom. The number of rotatable bonds is 3. The van der Waals surface area contributed by atoms with Gasteiger partial charge >= 0.3 is 5.97 Å². The highest BCUT2D eigenvalue weighted by atomic mass is 32.2. The van der Waals surface area contributed by atoms with Crippen LogP contribution in [0.25, 0.3) is 0 Å². The van der Waals surface area contributed by atoms with E-state index in [0.29, 0.717) is 18.2 Å². The number of aryl methyl sites for hydroxylation is 1. The van der Waals surface area contributed by atoms with Crippen molar-refractivity contribution in [2.24, 2.45) is 11.3 Å². The van der Waals surface area contributed by atoms with E-state index >= 15 is 0 Å². The number of sulfonamides is 1. The van der Waals surface area contributed by atoms with Gasteiger partial charge in [-0.25, -0.2) is 22.7 Å². The normalized spacial score (nSPS) is 28.8. The molecule has 0 bridgehead atoms. The molecule has 8 nitrogen and oxygen atoms in total. The monoisotopic (exact) mass is 326 g/mol. The van der Waals surface area contributed by atoms with Crippen LogP contribution in [-0.2, 0) is 14.8 Å². The van der Waals surface area contributed by atoms with Gasteiger partial charge in [-0.2, -0.15) is 0 Å². The van der Waals surface area contributed by atoms with Crippen molar-refractivity contribution in [1.29, 1.82) is 0 Å². The zero-order valence-corrected chi connectivity index (χ0v) is 13.2. The number of anilines is 1. The number of hydrogen-bond donors (Lipinski definition) is 1. The van der Waals surface area contributed by atoms with Crippen molar-refractivity contribution in [1.82, 2.24) is 14.3 Å². The van der Waals surface area contributed by atoms with E-state index in [2.05, 4.69) is 9.97 Å². The number of fused-ring (bicyclic) bond motifs is 1. The van der Waals surface area contributed by atoms with Crippen LogP contribution in [0.3, 0.4) is 0 Å². The van der Waals surface area contributed by atoms with E-state index in [1.807, 2.05) is 4.90 Å². The van der Waals surface area contributed by atoms with E-state index in [-0.39, 0.29) is 25.6 Å². The van der Waals surface area contributed by atoms with Gasteiger partial charge in [-0.3, -0.25) is 4.79 Å². The maximum absolute atomic E-state index is 11.8. The van der Waals surface area contributed by atoms with Gasteiger partial charge in [0.05, 0.1) is 6.26 Å². The Kier molecular flexibility index (Phi) is 3.37. The third-order valence-electron chi connectivity index (χ3n) is 4.56. The summed E-state index contributed by atoms with van der Waals surface area (Å²) >= 11 is 0. The fourth-order valence-corrected chi connectivity index (χ4v) is 4.28. The van der Waals surface area contributed by atoms with E-state index < -0.39 is 21.4 Å². The molecule has 0 saturated carbocycles. The molecule has 9 heteroatoms. The number of hydrogen-bond acceptors (Lipinski definition) is 6. The summed E-state index contributed by atoms with van der Waals surface area (Å²) in [6, 6.07) is 1.75. The summed E-state index contributed by atoms with van der Waals surface area (Å²) < 4.78 is 24.7. The molecule has 120 valence electrons. The zero-order chi connectivity index (χ0) is 16.1. The summed E-state index contributed by atoms with van der Waals surface area (Å²) in [7, 11) is -3.38. The van der Waals surface area contributed by atoms with Gasteiger partial charge in [-0.05, 0) is 13.0 Å². The maximum Gasteiger partial charge on any atom is 0.313 e. The smallest absolute Gasteiger partial charge is 0.313 e. The molecule has 2 aliphatic heterocycles. The lowest BCUT2D eigenvalue weighted by Gasteiger charge is -2.25. The van der Waals surface area contributed by atoms with Crippen LogP contribution in [0, 0.1) is 18.3 Å². The van der Waals surface area contributed by atoms with Gasteiger partial charge in [0.1, 0.15) is 17.1 Å². The predicted molar refractivity (Wildman–Crippen MR) is 79.0 cm³/mol. The third kappa shape index (κ3) is 2.34. The number of nitrogens with zero attached hydrogens (tertiary/aromatic N) is 4. The second kappa shape index (κ2) is 4.88. The zero-order valence-electron chi connectivity index (χ0n) is 12.4. The highest BCUT2D eigenvalue weighted by Crippen LogP contribution is 2.44. The fraction of sp³-hybridized carbons (Fsp3) is 0.615. The highest BCUT2D eigenvalue weighted by Gasteiger charge is 2.59. The van der Waals surface area contributed by atoms with Crippen molar-refractivity contribution in [2.45, 2.75) is 6.92 Å². The van der Waals surface area contributed by atoms with Crippen molar-refractivity contribution in [3.63, 3.8) is 0 Å². The molecule has 0 radical (unpaired) electrons. The molecule has 2 fully saturated rings. The standard InChI is InChI=1S/C13H18N4O4S/c1-9-14-4-3-11(15-9)16-5-10-6-17(22(2,20)21)8-13(10,7-16)12(18)19/h3-4,10H,5-8H2,1-2H3,(H,18,19)/t10-,13-/m1/s1. The second-order valence-electron chi connectivity index (χ2n) is 6.06. The van der Waals surface area contributed by atoms with Gasteiger partial charge in [-0.15, -0.1) is 0 Å². The first-order chi connectivity index (χ1) is 10.2. The lowest BCUT2D eigenvalue weighted by atomic mass is 9.81. The number of carboxylic acid groups (broad SMARTS) is 1. The third-order valence-corrected chi connectivity index (χ3v) is 5.77. The molecule has 3 rings (SSSR count). The van der Waals surface area contributed by atoms with Gasteiger partial charge in [-0.1, -0.05) is 0 Å². The van der Waals surface area contributed by atoms with Crippen molar-refractivity contribution in [3.8, 4) is 0 Å². The number of carboxylic acids is 1. The molecule has 0 aromatic carbocycles. The molecule has 2 saturated heterocycles. The predicted octanol–water partition coefficient (Wildman–Crippen LogP) is -0.433. The topological polar surface area (TPSA) is 104 Å². The van der Waals surface area contributed by atoms with Gasteiger partial charge in [0.25, 0.3) is 0 Å². The van der Waals surface area contributed by atoms with E-state index in [1.165, 1.54) is 4.31 Å². The molecule has 1 N–H and O–H groups in total. The fourth-order valence-electron chi connectivity index (χ4n) is 3.37. The minimum atomic E-state index is -3.38. The molecule has 1 aromatic rings. The van der Waals surface area contributed by atoms with Crippen LogP contribution in [-0.4, -0.2) is 66.2 Å². The molecule has 3 heterocycles. The Bertz CT molecular complexity index is 723. The van der Waals surface area contributed by atoms with Crippen LogP contribution >= 0.6 is 0 Å². The summed E-state index contributed by atoms with van der Waals surface area (Å²) in [6.45, 7) is 2.78. The minimum absolute atomic E-state index is 0.0202. The SMILES string of the molecule is Cc1nccc(N2C[C@@H]3CN(S(C)(=O)=O)C[C@]3(C(=O)O)C2)n1. The first-order valence-electron chi connectivity index (χ1n) is 6.95. The molecule has 2 atom stereocenters.